The van der Waals surface area contributed by atoms with Gasteiger partial charge in [0.1, 0.15) is 10.6 Å². The maximum atomic E-state index is 12.7. The summed E-state index contributed by atoms with van der Waals surface area (Å²) in [7, 11) is -3.66. The van der Waals surface area contributed by atoms with Crippen LogP contribution in [0.2, 0.25) is 0 Å². The van der Waals surface area contributed by atoms with Crippen molar-refractivity contribution < 1.29 is 27.5 Å². The molecule has 2 amide bonds. The third-order valence-electron chi connectivity index (χ3n) is 3.97. The predicted octanol–water partition coefficient (Wildman–Crippen LogP) is 0.685. The fourth-order valence-electron chi connectivity index (χ4n) is 2.73. The van der Waals surface area contributed by atoms with E-state index >= 15 is 0 Å². The lowest BCUT2D eigenvalue weighted by molar-refractivity contribution is -0.126. The zero-order valence-electron chi connectivity index (χ0n) is 13.2. The second kappa shape index (κ2) is 6.40. The highest BCUT2D eigenvalue weighted by atomic mass is 32.2. The molecule has 1 aromatic rings. The monoisotopic (exact) mass is 354 g/mol. The van der Waals surface area contributed by atoms with Gasteiger partial charge in [-0.1, -0.05) is 12.1 Å². The minimum absolute atomic E-state index is 0.0892. The molecule has 0 spiro atoms. The molecule has 2 heterocycles. The van der Waals surface area contributed by atoms with E-state index in [1.165, 1.54) is 10.4 Å². The summed E-state index contributed by atoms with van der Waals surface area (Å²) in [4.78, 5) is 24.1. The standard InChI is InChI=1S/C15H18N2O6S/c1-2-22-12-5-3-4-6-13(12)24(20,21)16-7-11(8-16)9-17-14(18)10-23-15(17)19/h3-6,11H,2,7-10H2,1H3. The van der Waals surface area contributed by atoms with Crippen molar-refractivity contribution in [3.8, 4) is 5.75 Å². The molecule has 0 saturated carbocycles. The first kappa shape index (κ1) is 16.7. The van der Waals surface area contributed by atoms with Crippen LogP contribution < -0.4 is 4.74 Å². The Morgan fingerprint density at radius 2 is 1.96 bits per heavy atom. The smallest absolute Gasteiger partial charge is 0.417 e. The van der Waals surface area contributed by atoms with Crippen molar-refractivity contribution in [2.75, 3.05) is 32.8 Å². The molecule has 2 aliphatic heterocycles. The number of para-hydroxylation sites is 1. The Balaban J connectivity index is 1.67. The summed E-state index contributed by atoms with van der Waals surface area (Å²) in [6.07, 6.45) is -0.664. The third-order valence-corrected chi connectivity index (χ3v) is 5.84. The van der Waals surface area contributed by atoms with Crippen molar-refractivity contribution in [3.05, 3.63) is 24.3 Å². The summed E-state index contributed by atoms with van der Waals surface area (Å²) >= 11 is 0. The van der Waals surface area contributed by atoms with E-state index in [0.29, 0.717) is 12.4 Å². The molecule has 9 heteroatoms. The van der Waals surface area contributed by atoms with Gasteiger partial charge < -0.3 is 9.47 Å². The number of cyclic esters (lactones) is 1. The first-order chi connectivity index (χ1) is 11.4. The van der Waals surface area contributed by atoms with Gasteiger partial charge in [-0.05, 0) is 19.1 Å². The van der Waals surface area contributed by atoms with Crippen molar-refractivity contribution in [3.63, 3.8) is 0 Å². The molecule has 24 heavy (non-hydrogen) atoms. The van der Waals surface area contributed by atoms with Crippen LogP contribution in [-0.2, 0) is 19.6 Å². The average molecular weight is 354 g/mol. The quantitative estimate of drug-likeness (QED) is 0.746. The Morgan fingerprint density at radius 3 is 2.58 bits per heavy atom. The number of carbonyl (C=O) groups is 2. The number of nitrogens with zero attached hydrogens (tertiary/aromatic N) is 2. The molecule has 0 N–H and O–H groups in total. The summed E-state index contributed by atoms with van der Waals surface area (Å²) in [5.41, 5.74) is 0. The first-order valence-corrected chi connectivity index (χ1v) is 9.06. The zero-order chi connectivity index (χ0) is 17.3. The highest BCUT2D eigenvalue weighted by molar-refractivity contribution is 7.89. The van der Waals surface area contributed by atoms with E-state index < -0.39 is 16.1 Å². The van der Waals surface area contributed by atoms with E-state index in [9.17, 15) is 18.0 Å². The minimum Gasteiger partial charge on any atom is -0.492 e. The van der Waals surface area contributed by atoms with Gasteiger partial charge in [0.15, 0.2) is 6.61 Å². The number of ether oxygens (including phenoxy) is 2. The summed E-state index contributed by atoms with van der Waals surface area (Å²) in [5, 5.41) is 0. The molecule has 2 saturated heterocycles. The van der Waals surface area contributed by atoms with E-state index in [0.717, 1.165) is 4.90 Å². The Kier molecular flexibility index (Phi) is 4.46. The number of carbonyl (C=O) groups excluding carboxylic acids is 2. The van der Waals surface area contributed by atoms with Crippen LogP contribution in [0.1, 0.15) is 6.92 Å². The lowest BCUT2D eigenvalue weighted by atomic mass is 10.0. The van der Waals surface area contributed by atoms with Crippen molar-refractivity contribution >= 4 is 22.0 Å². The number of hydrogen-bond acceptors (Lipinski definition) is 6. The molecule has 0 unspecified atom stereocenters. The van der Waals surface area contributed by atoms with E-state index in [1.807, 2.05) is 0 Å². The van der Waals surface area contributed by atoms with Gasteiger partial charge in [0.2, 0.25) is 10.0 Å². The Morgan fingerprint density at radius 1 is 1.25 bits per heavy atom. The maximum absolute atomic E-state index is 12.7. The third kappa shape index (κ3) is 2.96. The van der Waals surface area contributed by atoms with Gasteiger partial charge in [0, 0.05) is 25.6 Å². The Hall–Kier alpha value is -2.13. The van der Waals surface area contributed by atoms with Crippen LogP contribution in [0, 0.1) is 5.92 Å². The van der Waals surface area contributed by atoms with Crippen LogP contribution in [0.3, 0.4) is 0 Å². The summed E-state index contributed by atoms with van der Waals surface area (Å²) in [5.74, 6) is -0.154. The van der Waals surface area contributed by atoms with Crippen LogP contribution in [0.15, 0.2) is 29.2 Å². The molecule has 130 valence electrons. The van der Waals surface area contributed by atoms with E-state index in [1.54, 1.807) is 25.1 Å². The molecule has 0 bridgehead atoms. The Labute approximate surface area is 140 Å². The topological polar surface area (TPSA) is 93.2 Å². The van der Waals surface area contributed by atoms with Crippen LogP contribution in [0.25, 0.3) is 0 Å². The van der Waals surface area contributed by atoms with Crippen LogP contribution in [0.4, 0.5) is 4.79 Å². The highest BCUT2D eigenvalue weighted by Gasteiger charge is 2.41. The van der Waals surface area contributed by atoms with Gasteiger partial charge in [-0.15, -0.1) is 0 Å². The number of amides is 2. The van der Waals surface area contributed by atoms with Gasteiger partial charge in [0.25, 0.3) is 5.91 Å². The van der Waals surface area contributed by atoms with Crippen molar-refractivity contribution in [2.24, 2.45) is 5.92 Å². The molecule has 0 aromatic heterocycles. The number of hydrogen-bond donors (Lipinski definition) is 0. The van der Waals surface area contributed by atoms with Gasteiger partial charge in [-0.3, -0.25) is 4.79 Å². The Bertz CT molecular complexity index is 741. The van der Waals surface area contributed by atoms with Crippen LogP contribution >= 0.6 is 0 Å². The van der Waals surface area contributed by atoms with Gasteiger partial charge in [-0.25, -0.2) is 18.1 Å². The largest absolute Gasteiger partial charge is 0.492 e. The van der Waals surface area contributed by atoms with E-state index in [-0.39, 0.29) is 43.0 Å². The van der Waals surface area contributed by atoms with Crippen LogP contribution in [-0.4, -0.2) is 62.5 Å². The van der Waals surface area contributed by atoms with Crippen molar-refractivity contribution in [2.45, 2.75) is 11.8 Å². The normalized spacial score (nSPS) is 19.3. The van der Waals surface area contributed by atoms with Gasteiger partial charge in [0.05, 0.1) is 6.61 Å². The second-order valence-corrected chi connectivity index (χ2v) is 7.53. The molecule has 0 radical (unpaired) electrons. The number of imide groups is 1. The molecule has 8 nitrogen and oxygen atoms in total. The first-order valence-electron chi connectivity index (χ1n) is 7.62. The minimum atomic E-state index is -3.66. The second-order valence-electron chi connectivity index (χ2n) is 5.63. The van der Waals surface area contributed by atoms with E-state index in [4.69, 9.17) is 4.74 Å². The van der Waals surface area contributed by atoms with Gasteiger partial charge >= 0.3 is 6.09 Å². The molecule has 3 rings (SSSR count). The van der Waals surface area contributed by atoms with Gasteiger partial charge in [-0.2, -0.15) is 4.31 Å². The molecule has 0 aliphatic carbocycles. The molecular weight excluding hydrogens is 336 g/mol. The average Bonchev–Trinajstić information content (AvgIpc) is 2.82. The highest BCUT2D eigenvalue weighted by Crippen LogP contribution is 2.31. The predicted molar refractivity (Wildman–Crippen MR) is 82.9 cm³/mol. The molecule has 2 fully saturated rings. The fourth-order valence-corrected chi connectivity index (χ4v) is 4.45. The number of benzene rings is 1. The molecular formula is C15H18N2O6S. The maximum Gasteiger partial charge on any atom is 0.417 e. The summed E-state index contributed by atoms with van der Waals surface area (Å²) in [6.45, 7) is 2.59. The zero-order valence-corrected chi connectivity index (χ0v) is 14.0. The number of rotatable bonds is 6. The molecule has 2 aliphatic rings. The SMILES string of the molecule is CCOc1ccccc1S(=O)(=O)N1CC(CN2C(=O)COC2=O)C1. The lowest BCUT2D eigenvalue weighted by Crippen LogP contribution is -2.54. The number of sulfonamides is 1. The van der Waals surface area contributed by atoms with Crippen molar-refractivity contribution in [1.82, 2.24) is 9.21 Å². The fraction of sp³-hybridized carbons (Fsp3) is 0.467. The molecule has 0 atom stereocenters. The molecule has 1 aromatic carbocycles. The van der Waals surface area contributed by atoms with Crippen molar-refractivity contribution in [1.29, 1.82) is 0 Å². The van der Waals surface area contributed by atoms with E-state index in [2.05, 4.69) is 4.74 Å². The lowest BCUT2D eigenvalue weighted by Gasteiger charge is -2.39. The summed E-state index contributed by atoms with van der Waals surface area (Å²) in [6, 6.07) is 6.49. The van der Waals surface area contributed by atoms with Crippen LogP contribution in [0.5, 0.6) is 5.75 Å². The summed E-state index contributed by atoms with van der Waals surface area (Å²) < 4.78 is 36.7.